The predicted molar refractivity (Wildman–Crippen MR) is 133 cm³/mol. The van der Waals surface area contributed by atoms with Gasteiger partial charge < -0.3 is 46.4 Å². The third-order valence-electron chi connectivity index (χ3n) is 5.16. The molecule has 0 saturated heterocycles. The van der Waals surface area contributed by atoms with Crippen molar-refractivity contribution in [2.75, 3.05) is 18.9 Å². The third-order valence-corrected chi connectivity index (χ3v) is 5.16. The molecule has 1 amide bonds. The number of carboxylic acids is 3. The fourth-order valence-electron chi connectivity index (χ4n) is 3.27. The Balaban J connectivity index is 0.00000104. The van der Waals surface area contributed by atoms with Gasteiger partial charge in [0, 0.05) is 19.4 Å². The zero-order chi connectivity index (χ0) is 33.8. The number of aromatic nitrogens is 1. The standard InChI is InChI=1S/C21H30N4O4.2C2HF3O2/c1-13-17(20(27)28)19(23)18-14(24-13)8-7-9-15(18)29-12-21(2,3)25-16(26)10-5-4-6-11-22;2*3-2(4,5)1(6)7/h7-9H,4-6,10-12,22H2,1-3H3,(H2,23,24)(H,25,26)(H,27,28);2*(H,6,7). The first-order valence-corrected chi connectivity index (χ1v) is 12.3. The van der Waals surface area contributed by atoms with E-state index in [0.717, 1.165) is 25.8 Å². The second-order valence-electron chi connectivity index (χ2n) is 9.48. The van der Waals surface area contributed by atoms with Crippen molar-refractivity contribution in [3.8, 4) is 5.75 Å². The Hall–Kier alpha value is -4.35. The van der Waals surface area contributed by atoms with Gasteiger partial charge in [-0.2, -0.15) is 26.3 Å². The van der Waals surface area contributed by atoms with Gasteiger partial charge in [-0.25, -0.2) is 9.78 Å². The number of amides is 1. The van der Waals surface area contributed by atoms with Crippen molar-refractivity contribution in [3.05, 3.63) is 29.5 Å². The molecule has 242 valence electrons. The number of carbonyl (C=O) groups excluding carboxylic acids is 3. The van der Waals surface area contributed by atoms with Crippen LogP contribution in [0.25, 0.3) is 10.9 Å². The zero-order valence-corrected chi connectivity index (χ0v) is 23.3. The van der Waals surface area contributed by atoms with E-state index >= 15 is 0 Å². The molecule has 1 heterocycles. The molecular weight excluding hydrogens is 598 g/mol. The topological polar surface area (TPSA) is 224 Å². The Morgan fingerprint density at radius 1 is 1.00 bits per heavy atom. The summed E-state index contributed by atoms with van der Waals surface area (Å²) in [6.45, 7) is 6.53. The van der Waals surface area contributed by atoms with E-state index in [1.54, 1.807) is 13.0 Å². The van der Waals surface area contributed by atoms with Gasteiger partial charge in [0.15, 0.2) is 5.69 Å². The van der Waals surface area contributed by atoms with Crippen LogP contribution in [-0.4, -0.2) is 60.0 Å². The van der Waals surface area contributed by atoms with E-state index in [2.05, 4.69) is 16.0 Å². The van der Waals surface area contributed by atoms with Crippen LogP contribution in [0.2, 0.25) is 0 Å². The van der Waals surface area contributed by atoms with Gasteiger partial charge in [-0.05, 0) is 39.2 Å². The van der Waals surface area contributed by atoms with Crippen molar-refractivity contribution < 1.29 is 76.3 Å². The van der Waals surface area contributed by atoms with Gasteiger partial charge in [-0.1, -0.05) is 6.07 Å². The lowest BCUT2D eigenvalue weighted by Crippen LogP contribution is -2.50. The van der Waals surface area contributed by atoms with Crippen LogP contribution < -0.4 is 36.7 Å². The lowest BCUT2D eigenvalue weighted by atomic mass is 10.0. The minimum atomic E-state index is -5.19. The summed E-state index contributed by atoms with van der Waals surface area (Å²) in [4.78, 5) is 44.4. The molecule has 2 rings (SSSR count). The summed E-state index contributed by atoms with van der Waals surface area (Å²) in [7, 11) is 0. The molecule has 0 unspecified atom stereocenters. The van der Waals surface area contributed by atoms with Gasteiger partial charge in [0.1, 0.15) is 35.2 Å². The molecule has 2 aromatic rings. The highest BCUT2D eigenvalue weighted by Crippen LogP contribution is 2.32. The number of pyridine rings is 1. The molecule has 0 bridgehead atoms. The minimum absolute atomic E-state index is 0.0165. The molecule has 0 radical (unpaired) electrons. The number of unbranched alkanes of at least 4 members (excludes halogenated alkanes) is 2. The number of aliphatic carboxylic acids is 2. The maximum atomic E-state index is 12.2. The number of ether oxygens (including phenoxy) is 1. The van der Waals surface area contributed by atoms with Crippen molar-refractivity contribution in [2.24, 2.45) is 0 Å². The fraction of sp³-hybridized carbons (Fsp3) is 0.480. The highest BCUT2D eigenvalue weighted by atomic mass is 19.4. The summed E-state index contributed by atoms with van der Waals surface area (Å²) in [5, 5.41) is 30.5. The molecule has 0 fully saturated rings. The Labute approximate surface area is 241 Å². The molecule has 0 aliphatic heterocycles. The van der Waals surface area contributed by atoms with Crippen LogP contribution >= 0.6 is 0 Å². The number of H-pyrrole nitrogens is 1. The van der Waals surface area contributed by atoms with Crippen molar-refractivity contribution in [1.82, 2.24) is 5.32 Å². The number of aryl methyl sites for hydroxylation is 1. The average molecular weight is 631 g/mol. The monoisotopic (exact) mass is 630 g/mol. The summed E-state index contributed by atoms with van der Waals surface area (Å²) >= 11 is 0. The maximum Gasteiger partial charge on any atom is 0.430 e. The number of anilines is 1. The van der Waals surface area contributed by atoms with Crippen molar-refractivity contribution >= 4 is 40.4 Å². The molecule has 12 nitrogen and oxygen atoms in total. The number of carbonyl (C=O) groups is 4. The van der Waals surface area contributed by atoms with E-state index < -0.39 is 35.8 Å². The first-order chi connectivity index (χ1) is 19.5. The number of nitrogens with two attached hydrogens (primary N) is 1. The van der Waals surface area contributed by atoms with Crippen LogP contribution in [0.3, 0.4) is 0 Å². The molecule has 0 aliphatic carbocycles. The van der Waals surface area contributed by atoms with Crippen LogP contribution in [0.15, 0.2) is 18.2 Å². The number of aromatic amines is 1. The minimum Gasteiger partial charge on any atom is -0.542 e. The number of carboxylic acid groups (broad SMARTS) is 3. The number of quaternary nitrogens is 1. The SMILES string of the molecule is Cc1[nH+]c2cccc(OCC(C)(C)NC(=O)CCCCC[NH3+])c2c(N)c1C(=O)O.O=C([O-])C(F)(F)F.O=C([O-])C(F)(F)F. The van der Waals surface area contributed by atoms with E-state index in [4.69, 9.17) is 30.3 Å². The van der Waals surface area contributed by atoms with Gasteiger partial charge in [-0.15, -0.1) is 0 Å². The number of rotatable bonds is 10. The average Bonchev–Trinajstić information content (AvgIpc) is 2.84. The van der Waals surface area contributed by atoms with Crippen LogP contribution in [0.4, 0.5) is 32.0 Å². The van der Waals surface area contributed by atoms with E-state index in [1.807, 2.05) is 26.0 Å². The van der Waals surface area contributed by atoms with E-state index in [-0.39, 0.29) is 23.8 Å². The number of nitrogens with one attached hydrogen (secondary N) is 2. The summed E-state index contributed by atoms with van der Waals surface area (Å²) in [5.74, 6) is -6.66. The van der Waals surface area contributed by atoms with Gasteiger partial charge in [0.05, 0.1) is 17.8 Å². The lowest BCUT2D eigenvalue weighted by molar-refractivity contribution is -0.368. The molecule has 0 saturated carbocycles. The molecule has 43 heavy (non-hydrogen) atoms. The smallest absolute Gasteiger partial charge is 0.430 e. The zero-order valence-electron chi connectivity index (χ0n) is 23.3. The van der Waals surface area contributed by atoms with Crippen LogP contribution in [0.1, 0.15) is 55.6 Å². The first kappa shape index (κ1) is 38.6. The van der Waals surface area contributed by atoms with Crippen LogP contribution in [-0.2, 0) is 14.4 Å². The normalized spacial score (nSPS) is 11.4. The number of halogens is 6. The highest BCUT2D eigenvalue weighted by Gasteiger charge is 2.29. The second-order valence-corrected chi connectivity index (χ2v) is 9.48. The molecule has 0 aliphatic rings. The molecule has 0 atom stereocenters. The van der Waals surface area contributed by atoms with E-state index in [1.165, 1.54) is 0 Å². The lowest BCUT2D eigenvalue weighted by Gasteiger charge is -2.26. The molecule has 1 aromatic heterocycles. The Morgan fingerprint density at radius 2 is 1.51 bits per heavy atom. The summed E-state index contributed by atoms with van der Waals surface area (Å²) in [6.07, 6.45) is -7.06. The third kappa shape index (κ3) is 13.9. The van der Waals surface area contributed by atoms with Crippen LogP contribution in [0.5, 0.6) is 5.75 Å². The molecule has 8 N–H and O–H groups in total. The summed E-state index contributed by atoms with van der Waals surface area (Å²) < 4.78 is 69.1. The van der Waals surface area contributed by atoms with Gasteiger partial charge >= 0.3 is 18.3 Å². The highest BCUT2D eigenvalue weighted by molar-refractivity contribution is 6.05. The quantitative estimate of drug-likeness (QED) is 0.203. The number of hydrogen-bond acceptors (Lipinski definition) is 8. The summed E-state index contributed by atoms with van der Waals surface area (Å²) in [5.41, 5.74) is 10.7. The largest absolute Gasteiger partial charge is 0.542 e. The van der Waals surface area contributed by atoms with E-state index in [9.17, 15) is 41.0 Å². The van der Waals surface area contributed by atoms with E-state index in [0.29, 0.717) is 28.8 Å². The Morgan fingerprint density at radius 3 is 1.95 bits per heavy atom. The fourth-order valence-corrected chi connectivity index (χ4v) is 3.27. The molecule has 0 spiro atoms. The molecule has 1 aromatic carbocycles. The van der Waals surface area contributed by atoms with Crippen molar-refractivity contribution in [2.45, 2.75) is 64.3 Å². The number of hydrogen-bond donors (Lipinski definition) is 4. The number of aromatic carboxylic acids is 1. The first-order valence-electron chi connectivity index (χ1n) is 12.3. The van der Waals surface area contributed by atoms with Crippen molar-refractivity contribution in [1.29, 1.82) is 0 Å². The maximum absolute atomic E-state index is 12.2. The molecule has 18 heteroatoms. The number of fused-ring (bicyclic) bond motifs is 1. The molecular formula is C25H32F6N4O8. The van der Waals surface area contributed by atoms with Gasteiger partial charge in [0.25, 0.3) is 0 Å². The summed E-state index contributed by atoms with van der Waals surface area (Å²) in [6, 6.07) is 5.36. The number of alkyl halides is 6. The van der Waals surface area contributed by atoms with Gasteiger partial charge in [0.2, 0.25) is 11.4 Å². The predicted octanol–water partition coefficient (Wildman–Crippen LogP) is -0.0842. The number of nitrogen functional groups attached to an aromatic ring is 1. The van der Waals surface area contributed by atoms with Crippen molar-refractivity contribution in [3.63, 3.8) is 0 Å². The van der Waals surface area contributed by atoms with Gasteiger partial charge in [-0.3, -0.25) is 4.79 Å². The Kier molecular flexibility index (Phi) is 14.7. The second kappa shape index (κ2) is 16.3. The Bertz CT molecular complexity index is 1260. The number of benzene rings is 1. The van der Waals surface area contributed by atoms with Crippen LogP contribution in [0, 0.1) is 6.92 Å².